The molecule has 2 saturated heterocycles. The first kappa shape index (κ1) is 26.7. The van der Waals surface area contributed by atoms with Gasteiger partial charge in [-0.3, -0.25) is 4.90 Å². The maximum absolute atomic E-state index is 15.0. The van der Waals surface area contributed by atoms with Gasteiger partial charge in [-0.15, -0.1) is 0 Å². The SMILES string of the molecule is Cc1nc2c(F)cc(-c3nc(Nc4ccc(CN5CCC(N6CCCC6)CC5)cn4)ncc3F)cc2n1C(C)C. The molecule has 4 aromatic rings. The molecule has 0 atom stereocenters. The van der Waals surface area contributed by atoms with Gasteiger partial charge in [-0.25, -0.2) is 28.7 Å². The van der Waals surface area contributed by atoms with Crippen LogP contribution in [0.1, 0.15) is 57.0 Å². The largest absolute Gasteiger partial charge is 0.326 e. The highest BCUT2D eigenvalue weighted by Gasteiger charge is 2.26. The molecule has 0 saturated carbocycles. The average molecular weight is 547 g/mol. The third-order valence-corrected chi connectivity index (χ3v) is 8.14. The Morgan fingerprint density at radius 1 is 0.950 bits per heavy atom. The van der Waals surface area contributed by atoms with Gasteiger partial charge >= 0.3 is 0 Å². The summed E-state index contributed by atoms with van der Waals surface area (Å²) < 4.78 is 31.8. The van der Waals surface area contributed by atoms with Crippen LogP contribution in [0.25, 0.3) is 22.3 Å². The highest BCUT2D eigenvalue weighted by atomic mass is 19.1. The average Bonchev–Trinajstić information content (AvgIpc) is 3.59. The number of fused-ring (bicyclic) bond motifs is 1. The number of hydrogen-bond acceptors (Lipinski definition) is 7. The maximum atomic E-state index is 15.0. The summed E-state index contributed by atoms with van der Waals surface area (Å²) in [5.74, 6) is 0.306. The third kappa shape index (κ3) is 5.42. The zero-order chi connectivity index (χ0) is 27.8. The number of benzene rings is 1. The van der Waals surface area contributed by atoms with Gasteiger partial charge in [0.15, 0.2) is 11.6 Å². The molecular weight excluding hydrogens is 510 g/mol. The van der Waals surface area contributed by atoms with Crippen LogP contribution >= 0.6 is 0 Å². The minimum Gasteiger partial charge on any atom is -0.326 e. The van der Waals surface area contributed by atoms with Crippen molar-refractivity contribution in [1.82, 2.24) is 34.3 Å². The molecular formula is C30H36F2N8. The molecule has 0 spiro atoms. The van der Waals surface area contributed by atoms with Gasteiger partial charge in [0, 0.05) is 30.4 Å². The van der Waals surface area contributed by atoms with Crippen molar-refractivity contribution in [3.05, 3.63) is 59.7 Å². The van der Waals surface area contributed by atoms with E-state index in [0.29, 0.717) is 22.7 Å². The van der Waals surface area contributed by atoms with E-state index < -0.39 is 11.6 Å². The van der Waals surface area contributed by atoms with Crippen LogP contribution in [0.15, 0.2) is 36.7 Å². The van der Waals surface area contributed by atoms with Gasteiger partial charge in [0.2, 0.25) is 5.95 Å². The number of nitrogens with zero attached hydrogens (tertiary/aromatic N) is 7. The Morgan fingerprint density at radius 2 is 1.73 bits per heavy atom. The number of aromatic nitrogens is 5. The van der Waals surface area contributed by atoms with Gasteiger partial charge in [0.1, 0.15) is 22.9 Å². The molecule has 10 heteroatoms. The molecule has 2 aliphatic rings. The molecule has 0 bridgehead atoms. The lowest BCUT2D eigenvalue weighted by Crippen LogP contribution is -2.43. The molecule has 6 rings (SSSR count). The summed E-state index contributed by atoms with van der Waals surface area (Å²) in [5, 5.41) is 3.06. The lowest BCUT2D eigenvalue weighted by molar-refractivity contribution is 0.122. The van der Waals surface area contributed by atoms with E-state index in [1.807, 2.05) is 43.7 Å². The Morgan fingerprint density at radius 3 is 2.42 bits per heavy atom. The lowest BCUT2D eigenvalue weighted by Gasteiger charge is -2.36. The molecule has 1 aromatic carbocycles. The number of pyridine rings is 1. The van der Waals surface area contributed by atoms with Crippen molar-refractivity contribution in [1.29, 1.82) is 0 Å². The van der Waals surface area contributed by atoms with Crippen LogP contribution in [-0.4, -0.2) is 66.5 Å². The van der Waals surface area contributed by atoms with Crippen LogP contribution in [0.3, 0.4) is 0 Å². The van der Waals surface area contributed by atoms with E-state index in [4.69, 9.17) is 0 Å². The van der Waals surface area contributed by atoms with E-state index >= 15 is 0 Å². The monoisotopic (exact) mass is 546 g/mol. The van der Waals surface area contributed by atoms with Crippen LogP contribution in [0, 0.1) is 18.6 Å². The first-order valence-electron chi connectivity index (χ1n) is 14.2. The van der Waals surface area contributed by atoms with Crippen molar-refractivity contribution in [2.45, 2.75) is 65.1 Å². The van der Waals surface area contributed by atoms with E-state index in [9.17, 15) is 8.78 Å². The zero-order valence-electron chi connectivity index (χ0n) is 23.4. The third-order valence-electron chi connectivity index (χ3n) is 8.14. The number of hydrogen-bond donors (Lipinski definition) is 1. The highest BCUT2D eigenvalue weighted by molar-refractivity contribution is 5.83. The Kier molecular flexibility index (Phi) is 7.46. The van der Waals surface area contributed by atoms with E-state index in [1.54, 1.807) is 6.07 Å². The molecule has 2 aliphatic heterocycles. The molecule has 5 heterocycles. The summed E-state index contributed by atoms with van der Waals surface area (Å²) in [6, 6.07) is 7.75. The molecule has 0 radical (unpaired) electrons. The predicted molar refractivity (Wildman–Crippen MR) is 152 cm³/mol. The van der Waals surface area contributed by atoms with Gasteiger partial charge in [-0.2, -0.15) is 0 Å². The van der Waals surface area contributed by atoms with Crippen LogP contribution in [0.2, 0.25) is 0 Å². The summed E-state index contributed by atoms with van der Waals surface area (Å²) in [6.45, 7) is 11.5. The number of halogens is 2. The van der Waals surface area contributed by atoms with Gasteiger partial charge in [-0.05, 0) is 96.4 Å². The number of likely N-dealkylation sites (tertiary alicyclic amines) is 2. The Labute approximate surface area is 233 Å². The maximum Gasteiger partial charge on any atom is 0.229 e. The van der Waals surface area contributed by atoms with Crippen LogP contribution < -0.4 is 5.32 Å². The number of nitrogens with one attached hydrogen (secondary N) is 1. The van der Waals surface area contributed by atoms with Crippen molar-refractivity contribution in [3.8, 4) is 11.3 Å². The van der Waals surface area contributed by atoms with Gasteiger partial charge in [0.05, 0.1) is 11.7 Å². The summed E-state index contributed by atoms with van der Waals surface area (Å²) in [7, 11) is 0. The smallest absolute Gasteiger partial charge is 0.229 e. The van der Waals surface area contributed by atoms with Crippen molar-refractivity contribution in [2.24, 2.45) is 0 Å². The molecule has 0 aliphatic carbocycles. The standard InChI is InChI=1S/C30H36F2N8/c1-19(2)40-20(3)35-29-24(31)14-22(15-26(29)40)28-25(32)17-34-30(37-28)36-27-7-6-21(16-33-27)18-38-12-8-23(9-13-38)39-10-4-5-11-39/h6-7,14-17,19,23H,4-5,8-13,18H2,1-3H3,(H,33,34,36,37). The number of rotatable bonds is 7. The first-order valence-corrected chi connectivity index (χ1v) is 14.2. The Hall–Kier alpha value is -3.50. The first-order chi connectivity index (χ1) is 19.4. The zero-order valence-corrected chi connectivity index (χ0v) is 23.4. The number of imidazole rings is 1. The number of aryl methyl sites for hydroxylation is 1. The predicted octanol–water partition coefficient (Wildman–Crippen LogP) is 5.86. The van der Waals surface area contributed by atoms with Crippen molar-refractivity contribution >= 4 is 22.8 Å². The molecule has 3 aromatic heterocycles. The summed E-state index contributed by atoms with van der Waals surface area (Å²) in [6.07, 6.45) is 8.10. The molecule has 2 fully saturated rings. The van der Waals surface area contributed by atoms with Crippen molar-refractivity contribution in [2.75, 3.05) is 31.5 Å². The van der Waals surface area contributed by atoms with Gasteiger partial charge in [0.25, 0.3) is 0 Å². The van der Waals surface area contributed by atoms with E-state index in [1.165, 1.54) is 44.8 Å². The van der Waals surface area contributed by atoms with Crippen LogP contribution in [0.4, 0.5) is 20.5 Å². The minimum atomic E-state index is -0.631. The molecule has 210 valence electrons. The second-order valence-corrected chi connectivity index (χ2v) is 11.3. The Bertz CT molecular complexity index is 1490. The molecule has 40 heavy (non-hydrogen) atoms. The fraction of sp³-hybridized carbons (Fsp3) is 0.467. The number of piperidine rings is 1. The van der Waals surface area contributed by atoms with Crippen LogP contribution in [-0.2, 0) is 6.54 Å². The van der Waals surface area contributed by atoms with E-state index in [2.05, 4.69) is 35.1 Å². The van der Waals surface area contributed by atoms with Crippen molar-refractivity contribution < 1.29 is 8.78 Å². The van der Waals surface area contributed by atoms with Gasteiger partial charge in [-0.1, -0.05) is 6.07 Å². The second-order valence-electron chi connectivity index (χ2n) is 11.3. The highest BCUT2D eigenvalue weighted by Crippen LogP contribution is 2.30. The van der Waals surface area contributed by atoms with Crippen LogP contribution in [0.5, 0.6) is 0 Å². The molecule has 0 unspecified atom stereocenters. The van der Waals surface area contributed by atoms with Crippen molar-refractivity contribution in [3.63, 3.8) is 0 Å². The summed E-state index contributed by atoms with van der Waals surface area (Å²) >= 11 is 0. The summed E-state index contributed by atoms with van der Waals surface area (Å²) in [4.78, 5) is 22.5. The van der Waals surface area contributed by atoms with E-state index in [-0.39, 0.29) is 23.2 Å². The normalized spacial score (nSPS) is 17.4. The molecule has 1 N–H and O–H groups in total. The minimum absolute atomic E-state index is 0.0152. The summed E-state index contributed by atoms with van der Waals surface area (Å²) in [5.41, 5.74) is 2.36. The quantitative estimate of drug-likeness (QED) is 0.311. The number of anilines is 2. The fourth-order valence-corrected chi connectivity index (χ4v) is 6.20. The molecule has 8 nitrogen and oxygen atoms in total. The topological polar surface area (TPSA) is 75.0 Å². The fourth-order valence-electron chi connectivity index (χ4n) is 6.20. The lowest BCUT2D eigenvalue weighted by atomic mass is 10.0. The molecule has 0 amide bonds. The van der Waals surface area contributed by atoms with E-state index in [0.717, 1.165) is 37.4 Å². The second kappa shape index (κ2) is 11.2. The Balaban J connectivity index is 1.14. The van der Waals surface area contributed by atoms with Gasteiger partial charge < -0.3 is 14.8 Å².